The van der Waals surface area contributed by atoms with Crippen LogP contribution in [0, 0.1) is 5.41 Å². The normalized spacial score (nSPS) is 19.1. The van der Waals surface area contributed by atoms with Gasteiger partial charge in [-0.05, 0) is 96.9 Å². The number of imide groups is 4. The van der Waals surface area contributed by atoms with Gasteiger partial charge in [-0.15, -0.1) is 0 Å². The summed E-state index contributed by atoms with van der Waals surface area (Å²) in [7, 11) is 0. The number of amides is 8. The Morgan fingerprint density at radius 3 is 1.18 bits per heavy atom. The first-order chi connectivity index (χ1) is 27.7. The molecule has 0 saturated carbocycles. The first kappa shape index (κ1) is 54.5. The minimum absolute atomic E-state index is 0.0829. The van der Waals surface area contributed by atoms with E-state index in [-0.39, 0.29) is 74.9 Å². The second-order valence-electron chi connectivity index (χ2n) is 20.0. The number of hydrogen-bond donors (Lipinski definition) is 0. The van der Waals surface area contributed by atoms with Crippen LogP contribution in [0.3, 0.4) is 0 Å². The highest BCUT2D eigenvalue weighted by Crippen LogP contribution is 2.29. The molecule has 0 spiro atoms. The Labute approximate surface area is 362 Å². The molecule has 0 atom stereocenters. The Morgan fingerprint density at radius 1 is 0.452 bits per heavy atom. The van der Waals surface area contributed by atoms with Gasteiger partial charge in [-0.2, -0.15) is 0 Å². The third kappa shape index (κ3) is 17.4. The fourth-order valence-corrected chi connectivity index (χ4v) is 5.33. The van der Waals surface area contributed by atoms with E-state index in [1.807, 2.05) is 0 Å². The number of piperidine rings is 2. The Kier molecular flexibility index (Phi) is 17.6. The van der Waals surface area contributed by atoms with Crippen molar-refractivity contribution in [2.24, 2.45) is 5.41 Å². The van der Waals surface area contributed by atoms with Crippen molar-refractivity contribution in [3.63, 3.8) is 0 Å². The maximum atomic E-state index is 11.8. The van der Waals surface area contributed by atoms with Gasteiger partial charge in [0.15, 0.2) is 11.6 Å². The molecule has 0 aromatic carbocycles. The Morgan fingerprint density at radius 2 is 0.806 bits per heavy atom. The largest absolute Gasteiger partial charge is 0.443 e. The number of Topliss-reactive ketones (excluding diaryl/α,β-unsaturated/α-hetero) is 4. The Balaban J connectivity index is 0.000000414. The highest BCUT2D eigenvalue weighted by Gasteiger charge is 2.50. The molecule has 4 heterocycles. The van der Waals surface area contributed by atoms with E-state index in [4.69, 9.17) is 18.9 Å². The molecular weight excluding hydrogens is 816 g/mol. The lowest BCUT2D eigenvalue weighted by Crippen LogP contribution is -2.52. The van der Waals surface area contributed by atoms with Gasteiger partial charge in [-0.25, -0.2) is 38.8 Å². The van der Waals surface area contributed by atoms with Crippen molar-refractivity contribution in [1.82, 2.24) is 19.6 Å². The summed E-state index contributed by atoms with van der Waals surface area (Å²) in [5, 5.41) is 0. The number of likely N-dealkylation sites (tertiary alicyclic amines) is 4. The second kappa shape index (κ2) is 20.1. The summed E-state index contributed by atoms with van der Waals surface area (Å²) < 4.78 is 20.2. The van der Waals surface area contributed by atoms with Crippen LogP contribution < -0.4 is 0 Å². The summed E-state index contributed by atoms with van der Waals surface area (Å²) in [4.78, 5) is 141. The molecule has 4 aliphatic rings. The second-order valence-corrected chi connectivity index (χ2v) is 20.0. The van der Waals surface area contributed by atoms with Crippen molar-refractivity contribution in [3.05, 3.63) is 0 Å². The van der Waals surface area contributed by atoms with E-state index in [1.165, 1.54) is 0 Å². The summed E-state index contributed by atoms with van der Waals surface area (Å²) in [6, 6.07) is 0. The summed E-state index contributed by atoms with van der Waals surface area (Å²) in [5.41, 5.74) is -4.39. The van der Waals surface area contributed by atoms with Crippen LogP contribution in [0.2, 0.25) is 0 Å². The van der Waals surface area contributed by atoms with Gasteiger partial charge in [-0.1, -0.05) is 13.8 Å². The molecule has 0 aliphatic carbocycles. The van der Waals surface area contributed by atoms with Crippen LogP contribution in [-0.4, -0.2) is 138 Å². The van der Waals surface area contributed by atoms with Crippen LogP contribution in [0.1, 0.15) is 143 Å². The zero-order valence-electron chi connectivity index (χ0n) is 39.0. The van der Waals surface area contributed by atoms with Crippen molar-refractivity contribution in [3.8, 4) is 0 Å². The van der Waals surface area contributed by atoms with Crippen LogP contribution in [0.25, 0.3) is 0 Å². The molecule has 0 aromatic heterocycles. The highest BCUT2D eigenvalue weighted by atomic mass is 16.6. The van der Waals surface area contributed by atoms with Gasteiger partial charge in [0.1, 0.15) is 39.5 Å². The zero-order chi connectivity index (χ0) is 48.7. The average molecular weight is 881 g/mol. The minimum Gasteiger partial charge on any atom is -0.443 e. The zero-order valence-corrected chi connectivity index (χ0v) is 39.0. The first-order valence-corrected chi connectivity index (χ1v) is 19.9. The third-order valence-corrected chi connectivity index (χ3v) is 8.39. The molecule has 0 bridgehead atoms. The molecule has 4 rings (SSSR count). The number of ketones is 4. The Hall–Kier alpha value is -5.56. The van der Waals surface area contributed by atoms with E-state index in [9.17, 15) is 57.5 Å². The molecule has 8 amide bonds. The molecule has 20 heteroatoms. The lowest BCUT2D eigenvalue weighted by Gasteiger charge is -2.35. The monoisotopic (exact) mass is 880 g/mol. The predicted molar refractivity (Wildman–Crippen MR) is 218 cm³/mol. The molecule has 0 radical (unpaired) electrons. The molecule has 4 aliphatic heterocycles. The van der Waals surface area contributed by atoms with E-state index in [0.717, 1.165) is 19.6 Å². The third-order valence-electron chi connectivity index (χ3n) is 8.39. The average Bonchev–Trinajstić information content (AvgIpc) is 3.48. The van der Waals surface area contributed by atoms with E-state index in [0.29, 0.717) is 0 Å². The van der Waals surface area contributed by atoms with Crippen molar-refractivity contribution in [2.45, 2.75) is 171 Å². The van der Waals surface area contributed by atoms with Gasteiger partial charge >= 0.3 is 24.4 Å². The van der Waals surface area contributed by atoms with E-state index in [2.05, 4.69) is 0 Å². The van der Waals surface area contributed by atoms with Crippen LogP contribution in [0.5, 0.6) is 0 Å². The fraction of sp³-hybridized carbons (Fsp3) is 0.714. The standard InChI is InChI=1S/C12H19NO4.C11H17NO4.C10H15NO4.C9H13NO4/c1-11(2,3)17-10(16)13-7-12(4,5)8(14)6-9(13)15;1-10(2,3)16-9(15)12-8(14)6-7(13)11(12,4)5;1-10(2,3)15-9(14)11-5-4-7(12)6-8(11)13;1-9(2,3)14-8(13)10-5-6(11)4-7(10)12/h6-7H2,1-5H3;6H2,1-5H3;4-6H2,1-3H3;4-5H2,1-3H3. The lowest BCUT2D eigenvalue weighted by molar-refractivity contribution is -0.146. The number of nitrogens with zero attached hydrogens (tertiary/aromatic N) is 4. The van der Waals surface area contributed by atoms with Gasteiger partial charge in [0.25, 0.3) is 0 Å². The lowest BCUT2D eigenvalue weighted by atomic mass is 9.82. The van der Waals surface area contributed by atoms with Crippen molar-refractivity contribution in [1.29, 1.82) is 0 Å². The Bertz CT molecular complexity index is 1840. The van der Waals surface area contributed by atoms with Gasteiger partial charge in [0, 0.05) is 24.9 Å². The van der Waals surface area contributed by atoms with Gasteiger partial charge in [0.2, 0.25) is 23.6 Å². The molecule has 0 unspecified atom stereocenters. The fourth-order valence-electron chi connectivity index (χ4n) is 5.33. The van der Waals surface area contributed by atoms with E-state index < -0.39 is 81.4 Å². The number of ether oxygens (including phenoxy) is 4. The van der Waals surface area contributed by atoms with Gasteiger partial charge in [0.05, 0.1) is 32.2 Å². The van der Waals surface area contributed by atoms with Gasteiger partial charge in [-0.3, -0.25) is 38.4 Å². The minimum atomic E-state index is -1.10. The molecule has 348 valence electrons. The predicted octanol–water partition coefficient (Wildman–Crippen LogP) is 5.09. The van der Waals surface area contributed by atoms with Crippen molar-refractivity contribution in [2.75, 3.05) is 19.6 Å². The van der Waals surface area contributed by atoms with Crippen LogP contribution in [0.4, 0.5) is 19.2 Å². The van der Waals surface area contributed by atoms with Gasteiger partial charge < -0.3 is 18.9 Å². The summed E-state index contributed by atoms with van der Waals surface area (Å²) in [5.74, 6) is -2.70. The van der Waals surface area contributed by atoms with Crippen LogP contribution >= 0.6 is 0 Å². The summed E-state index contributed by atoms with van der Waals surface area (Å²) in [6.45, 7) is 27.2. The maximum Gasteiger partial charge on any atom is 0.417 e. The highest BCUT2D eigenvalue weighted by molar-refractivity contribution is 6.15. The molecule has 4 fully saturated rings. The van der Waals surface area contributed by atoms with Crippen LogP contribution in [-0.2, 0) is 57.3 Å². The van der Waals surface area contributed by atoms with Crippen LogP contribution in [0.15, 0.2) is 0 Å². The number of hydrogen-bond acceptors (Lipinski definition) is 16. The number of carbonyl (C=O) groups is 12. The smallest absolute Gasteiger partial charge is 0.417 e. The molecule has 0 aromatic rings. The summed E-state index contributed by atoms with van der Waals surface area (Å²) >= 11 is 0. The molecule has 4 saturated heterocycles. The SMILES string of the molecule is CC(C)(C)OC(=O)N1C(=O)CC(=O)C1(C)C.CC(C)(C)OC(=O)N1CC(=O)CC1=O.CC(C)(C)OC(=O)N1CC(C)(C)C(=O)CC1=O.CC(C)(C)OC(=O)N1CCC(=O)CC1=O. The molecule has 20 nitrogen and oxygen atoms in total. The maximum absolute atomic E-state index is 11.8. The van der Waals surface area contributed by atoms with Crippen molar-refractivity contribution < 1.29 is 76.5 Å². The first-order valence-electron chi connectivity index (χ1n) is 19.9. The van der Waals surface area contributed by atoms with E-state index in [1.54, 1.807) is 111 Å². The van der Waals surface area contributed by atoms with E-state index >= 15 is 0 Å². The summed E-state index contributed by atoms with van der Waals surface area (Å²) in [6.07, 6.45) is -3.47. The number of carbonyl (C=O) groups excluding carboxylic acids is 12. The number of rotatable bonds is 0. The quantitative estimate of drug-likeness (QED) is 0.227. The topological polar surface area (TPSA) is 255 Å². The molecule has 62 heavy (non-hydrogen) atoms. The molecule has 0 N–H and O–H groups in total. The van der Waals surface area contributed by atoms with Crippen molar-refractivity contribution >= 4 is 71.1 Å². The molecular formula is C42H64N4O16.